The van der Waals surface area contributed by atoms with Gasteiger partial charge in [0.05, 0.1) is 17.1 Å². The van der Waals surface area contributed by atoms with Crippen molar-refractivity contribution in [2.75, 3.05) is 0 Å². The lowest BCUT2D eigenvalue weighted by molar-refractivity contribution is 0.0937. The Morgan fingerprint density at radius 2 is 1.96 bits per heavy atom. The minimum absolute atomic E-state index is 0.0518. The van der Waals surface area contributed by atoms with Gasteiger partial charge in [0, 0.05) is 12.1 Å². The topological polar surface area (TPSA) is 46.9 Å². The Hall–Kier alpha value is -2.62. The second kappa shape index (κ2) is 7.73. The first-order valence-electron chi connectivity index (χ1n) is 9.34. The van der Waals surface area contributed by atoms with Crippen molar-refractivity contribution in [1.82, 2.24) is 14.9 Å². The summed E-state index contributed by atoms with van der Waals surface area (Å²) in [5.74, 6) is 0.863. The van der Waals surface area contributed by atoms with Gasteiger partial charge in [0.2, 0.25) is 0 Å². The summed E-state index contributed by atoms with van der Waals surface area (Å²) in [5, 5.41) is 3.13. The maximum absolute atomic E-state index is 12.8. The van der Waals surface area contributed by atoms with Gasteiger partial charge in [0.1, 0.15) is 5.82 Å². The predicted molar refractivity (Wildman–Crippen MR) is 106 cm³/mol. The number of fused-ring (bicyclic) bond motifs is 1. The molecule has 1 amide bonds. The Kier molecular flexibility index (Phi) is 5.40. The van der Waals surface area contributed by atoms with Gasteiger partial charge in [0.15, 0.2) is 0 Å². The SMILES string of the molecule is CCCCn1c(C(C)NC(=O)c2ccc(C)cc2C)nc2ccccc21. The molecule has 1 unspecified atom stereocenters. The van der Waals surface area contributed by atoms with Gasteiger partial charge in [-0.05, 0) is 51.0 Å². The Bertz CT molecular complexity index is 926. The van der Waals surface area contributed by atoms with Crippen LogP contribution in [0.25, 0.3) is 11.0 Å². The lowest BCUT2D eigenvalue weighted by Crippen LogP contribution is -2.29. The predicted octanol–water partition coefficient (Wildman–Crippen LogP) is 4.94. The molecule has 1 atom stereocenters. The number of imidazole rings is 1. The molecule has 0 aliphatic heterocycles. The van der Waals surface area contributed by atoms with Crippen LogP contribution >= 0.6 is 0 Å². The van der Waals surface area contributed by atoms with E-state index in [1.54, 1.807) is 0 Å². The Balaban J connectivity index is 1.89. The number of benzene rings is 2. The molecule has 0 fully saturated rings. The molecule has 0 radical (unpaired) electrons. The van der Waals surface area contributed by atoms with Gasteiger partial charge in [-0.1, -0.05) is 43.2 Å². The van der Waals surface area contributed by atoms with Crippen LogP contribution in [-0.4, -0.2) is 15.5 Å². The van der Waals surface area contributed by atoms with Crippen molar-refractivity contribution < 1.29 is 4.79 Å². The first-order chi connectivity index (χ1) is 12.5. The summed E-state index contributed by atoms with van der Waals surface area (Å²) in [6.07, 6.45) is 2.21. The summed E-state index contributed by atoms with van der Waals surface area (Å²) in [5.41, 5.74) is 4.98. The van der Waals surface area contributed by atoms with Crippen molar-refractivity contribution in [2.45, 2.75) is 53.1 Å². The quantitative estimate of drug-likeness (QED) is 0.685. The van der Waals surface area contributed by atoms with Crippen LogP contribution in [-0.2, 0) is 6.54 Å². The maximum atomic E-state index is 12.8. The Morgan fingerprint density at radius 3 is 2.69 bits per heavy atom. The molecule has 3 rings (SSSR count). The summed E-state index contributed by atoms with van der Waals surface area (Å²) in [7, 11) is 0. The zero-order valence-electron chi connectivity index (χ0n) is 16.0. The third-order valence-electron chi connectivity index (χ3n) is 4.78. The molecule has 3 aromatic rings. The molecule has 1 heterocycles. The van der Waals surface area contributed by atoms with E-state index in [4.69, 9.17) is 4.98 Å². The van der Waals surface area contributed by atoms with Crippen molar-refractivity contribution in [1.29, 1.82) is 0 Å². The van der Waals surface area contributed by atoms with Gasteiger partial charge in [-0.25, -0.2) is 4.98 Å². The molecule has 0 saturated heterocycles. The molecule has 1 aromatic heterocycles. The number of hydrogen-bond acceptors (Lipinski definition) is 2. The molecule has 0 bridgehead atoms. The zero-order chi connectivity index (χ0) is 18.7. The monoisotopic (exact) mass is 349 g/mol. The van der Waals surface area contributed by atoms with E-state index in [0.717, 1.165) is 52.9 Å². The number of carbonyl (C=O) groups excluding carboxylic acids is 1. The average Bonchev–Trinajstić information content (AvgIpc) is 2.98. The lowest BCUT2D eigenvalue weighted by atomic mass is 10.0. The third kappa shape index (κ3) is 3.64. The molecule has 0 saturated carbocycles. The fraction of sp³-hybridized carbons (Fsp3) is 0.364. The van der Waals surface area contributed by atoms with Gasteiger partial charge >= 0.3 is 0 Å². The molecule has 2 aromatic carbocycles. The Morgan fingerprint density at radius 1 is 1.19 bits per heavy atom. The fourth-order valence-corrected chi connectivity index (χ4v) is 3.38. The number of rotatable bonds is 6. The normalized spacial score (nSPS) is 12.3. The van der Waals surface area contributed by atoms with Crippen molar-refractivity contribution in [2.24, 2.45) is 0 Å². The number of amides is 1. The van der Waals surface area contributed by atoms with E-state index in [-0.39, 0.29) is 11.9 Å². The maximum Gasteiger partial charge on any atom is 0.252 e. The van der Waals surface area contributed by atoms with Crippen LogP contribution in [0, 0.1) is 13.8 Å². The summed E-state index contributed by atoms with van der Waals surface area (Å²) in [4.78, 5) is 17.5. The first-order valence-corrected chi connectivity index (χ1v) is 9.34. The largest absolute Gasteiger partial charge is 0.342 e. The summed E-state index contributed by atoms with van der Waals surface area (Å²) in [6.45, 7) is 9.11. The lowest BCUT2D eigenvalue weighted by Gasteiger charge is -2.17. The number of aromatic nitrogens is 2. The van der Waals surface area contributed by atoms with Gasteiger partial charge in [-0.2, -0.15) is 0 Å². The molecular formula is C22H27N3O. The van der Waals surface area contributed by atoms with E-state index in [9.17, 15) is 4.79 Å². The molecule has 4 heteroatoms. The van der Waals surface area contributed by atoms with E-state index >= 15 is 0 Å². The summed E-state index contributed by atoms with van der Waals surface area (Å²) < 4.78 is 2.24. The highest BCUT2D eigenvalue weighted by molar-refractivity contribution is 5.96. The molecular weight excluding hydrogens is 322 g/mol. The molecule has 136 valence electrons. The molecule has 0 aliphatic rings. The summed E-state index contributed by atoms with van der Waals surface area (Å²) in [6, 6.07) is 13.9. The van der Waals surface area contributed by atoms with E-state index in [1.165, 1.54) is 0 Å². The van der Waals surface area contributed by atoms with Crippen molar-refractivity contribution >= 4 is 16.9 Å². The third-order valence-corrected chi connectivity index (χ3v) is 4.78. The van der Waals surface area contributed by atoms with Crippen molar-refractivity contribution in [3.63, 3.8) is 0 Å². The van der Waals surface area contributed by atoms with E-state index in [0.29, 0.717) is 0 Å². The smallest absolute Gasteiger partial charge is 0.252 e. The highest BCUT2D eigenvalue weighted by Crippen LogP contribution is 2.22. The van der Waals surface area contributed by atoms with Crippen molar-refractivity contribution in [3.8, 4) is 0 Å². The zero-order valence-corrected chi connectivity index (χ0v) is 16.0. The highest BCUT2D eigenvalue weighted by Gasteiger charge is 2.19. The minimum atomic E-state index is -0.160. The van der Waals surface area contributed by atoms with Crippen molar-refractivity contribution in [3.05, 3.63) is 65.0 Å². The number of aryl methyl sites for hydroxylation is 3. The second-order valence-electron chi connectivity index (χ2n) is 6.98. The highest BCUT2D eigenvalue weighted by atomic mass is 16.1. The first kappa shape index (κ1) is 18.2. The average molecular weight is 349 g/mol. The van der Waals surface area contributed by atoms with Crippen LogP contribution < -0.4 is 5.32 Å². The minimum Gasteiger partial charge on any atom is -0.342 e. The van der Waals surface area contributed by atoms with Crippen LogP contribution in [0.1, 0.15) is 60.0 Å². The fourth-order valence-electron chi connectivity index (χ4n) is 3.38. The van der Waals surface area contributed by atoms with Crippen LogP contribution in [0.3, 0.4) is 0 Å². The van der Waals surface area contributed by atoms with Crippen LogP contribution in [0.2, 0.25) is 0 Å². The molecule has 0 spiro atoms. The Labute approximate surface area is 155 Å². The number of carbonyl (C=O) groups is 1. The van der Waals surface area contributed by atoms with E-state index in [1.807, 2.05) is 57.2 Å². The van der Waals surface area contributed by atoms with Crippen LogP contribution in [0.5, 0.6) is 0 Å². The van der Waals surface area contributed by atoms with E-state index in [2.05, 4.69) is 22.9 Å². The van der Waals surface area contributed by atoms with Gasteiger partial charge < -0.3 is 9.88 Å². The second-order valence-corrected chi connectivity index (χ2v) is 6.98. The van der Waals surface area contributed by atoms with Crippen LogP contribution in [0.4, 0.5) is 0 Å². The number of hydrogen-bond donors (Lipinski definition) is 1. The standard InChI is InChI=1S/C22H27N3O/c1-5-6-13-25-20-10-8-7-9-19(20)24-21(25)17(4)23-22(26)18-12-11-15(2)14-16(18)3/h7-12,14,17H,5-6,13H2,1-4H3,(H,23,26). The van der Waals surface area contributed by atoms with Gasteiger partial charge in [-0.3, -0.25) is 4.79 Å². The number of nitrogens with zero attached hydrogens (tertiary/aromatic N) is 2. The summed E-state index contributed by atoms with van der Waals surface area (Å²) >= 11 is 0. The number of unbranched alkanes of at least 4 members (excludes halogenated alkanes) is 1. The number of nitrogens with one attached hydrogen (secondary N) is 1. The van der Waals surface area contributed by atoms with E-state index < -0.39 is 0 Å². The molecule has 0 aliphatic carbocycles. The molecule has 26 heavy (non-hydrogen) atoms. The number of para-hydroxylation sites is 2. The molecule has 1 N–H and O–H groups in total. The molecule has 4 nitrogen and oxygen atoms in total. The van der Waals surface area contributed by atoms with Gasteiger partial charge in [0.25, 0.3) is 5.91 Å². The van der Waals surface area contributed by atoms with Gasteiger partial charge in [-0.15, -0.1) is 0 Å². The van der Waals surface area contributed by atoms with Crippen LogP contribution in [0.15, 0.2) is 42.5 Å².